The summed E-state index contributed by atoms with van der Waals surface area (Å²) in [7, 11) is 0. The van der Waals surface area contributed by atoms with Gasteiger partial charge in [-0.15, -0.1) is 0 Å². The van der Waals surface area contributed by atoms with Crippen molar-refractivity contribution in [3.63, 3.8) is 0 Å². The number of likely N-dealkylation sites (tertiary alicyclic amines) is 1. The Bertz CT molecular complexity index is 647. The largest absolute Gasteiger partial charge is 0.354 e. The van der Waals surface area contributed by atoms with E-state index in [2.05, 4.69) is 10.6 Å². The lowest BCUT2D eigenvalue weighted by Crippen LogP contribution is -2.46. The van der Waals surface area contributed by atoms with E-state index in [1.807, 2.05) is 4.90 Å². The van der Waals surface area contributed by atoms with Crippen LogP contribution in [0.15, 0.2) is 18.2 Å². The molecule has 2 saturated heterocycles. The quantitative estimate of drug-likeness (QED) is 0.839. The molecule has 5 nitrogen and oxygen atoms in total. The Labute approximate surface area is 158 Å². The van der Waals surface area contributed by atoms with Gasteiger partial charge < -0.3 is 15.5 Å². The third kappa shape index (κ3) is 4.46. The van der Waals surface area contributed by atoms with Gasteiger partial charge in [0.15, 0.2) is 0 Å². The van der Waals surface area contributed by atoms with Crippen LogP contribution in [0.4, 0.5) is 0 Å². The van der Waals surface area contributed by atoms with Crippen LogP contribution in [0.1, 0.15) is 36.0 Å². The monoisotopic (exact) mass is 383 g/mol. The van der Waals surface area contributed by atoms with Crippen LogP contribution in [0, 0.1) is 5.92 Å². The predicted molar refractivity (Wildman–Crippen MR) is 99.1 cm³/mol. The number of halogens is 2. The van der Waals surface area contributed by atoms with E-state index >= 15 is 0 Å². The summed E-state index contributed by atoms with van der Waals surface area (Å²) in [6.07, 6.45) is 3.87. The number of nitrogens with one attached hydrogen (secondary N) is 2. The first-order chi connectivity index (χ1) is 12.1. The van der Waals surface area contributed by atoms with E-state index in [-0.39, 0.29) is 23.8 Å². The molecule has 2 amide bonds. The molecule has 0 bridgehead atoms. The van der Waals surface area contributed by atoms with E-state index < -0.39 is 0 Å². The standard InChI is InChI=1S/C18H23Cl2N3O2/c19-14-6-1-5-13(16(14)20)18(25)23-9-3-4-12(11-23)10-22-17(24)15-7-2-8-21-15/h1,5-6,12,15,21H,2-4,7-11H2,(H,22,24). The Morgan fingerprint density at radius 3 is 2.84 bits per heavy atom. The predicted octanol–water partition coefficient (Wildman–Crippen LogP) is 2.71. The maximum absolute atomic E-state index is 12.8. The molecule has 25 heavy (non-hydrogen) atoms. The molecule has 0 aromatic heterocycles. The summed E-state index contributed by atoms with van der Waals surface area (Å²) in [4.78, 5) is 26.7. The Morgan fingerprint density at radius 1 is 1.24 bits per heavy atom. The van der Waals surface area contributed by atoms with Crippen LogP contribution in [0.5, 0.6) is 0 Å². The van der Waals surface area contributed by atoms with E-state index in [0.717, 1.165) is 32.2 Å². The normalized spacial score (nSPS) is 23.5. The molecule has 1 aromatic rings. The third-order valence-corrected chi connectivity index (χ3v) is 5.75. The number of hydrogen-bond acceptors (Lipinski definition) is 3. The second kappa shape index (κ2) is 8.39. The van der Waals surface area contributed by atoms with Gasteiger partial charge in [-0.2, -0.15) is 0 Å². The minimum atomic E-state index is -0.0963. The lowest BCUT2D eigenvalue weighted by Gasteiger charge is -2.33. The SMILES string of the molecule is O=C(NCC1CCCN(C(=O)c2cccc(Cl)c2Cl)C1)C1CCCN1. The summed E-state index contributed by atoms with van der Waals surface area (Å²) >= 11 is 12.2. The van der Waals surface area contributed by atoms with Gasteiger partial charge in [-0.1, -0.05) is 29.3 Å². The van der Waals surface area contributed by atoms with Crippen molar-refractivity contribution in [2.75, 3.05) is 26.2 Å². The van der Waals surface area contributed by atoms with Crippen LogP contribution in [-0.2, 0) is 4.79 Å². The number of rotatable bonds is 4. The fourth-order valence-corrected chi connectivity index (χ4v) is 3.91. The molecule has 3 rings (SSSR count). The fraction of sp³-hybridized carbons (Fsp3) is 0.556. The van der Waals surface area contributed by atoms with Crippen molar-refractivity contribution in [3.05, 3.63) is 33.8 Å². The average molecular weight is 384 g/mol. The third-order valence-electron chi connectivity index (χ3n) is 4.93. The molecule has 2 aliphatic rings. The highest BCUT2D eigenvalue weighted by atomic mass is 35.5. The van der Waals surface area contributed by atoms with Crippen LogP contribution in [0.3, 0.4) is 0 Å². The van der Waals surface area contributed by atoms with E-state index in [1.54, 1.807) is 18.2 Å². The lowest BCUT2D eigenvalue weighted by atomic mass is 9.97. The van der Waals surface area contributed by atoms with E-state index in [1.165, 1.54) is 0 Å². The zero-order chi connectivity index (χ0) is 17.8. The van der Waals surface area contributed by atoms with Gasteiger partial charge in [0.1, 0.15) is 0 Å². The lowest BCUT2D eigenvalue weighted by molar-refractivity contribution is -0.123. The first kappa shape index (κ1) is 18.5. The van der Waals surface area contributed by atoms with Crippen molar-refractivity contribution in [1.82, 2.24) is 15.5 Å². The van der Waals surface area contributed by atoms with Crippen molar-refractivity contribution in [2.45, 2.75) is 31.7 Å². The molecule has 2 atom stereocenters. The van der Waals surface area contributed by atoms with Crippen molar-refractivity contribution < 1.29 is 9.59 Å². The maximum Gasteiger partial charge on any atom is 0.255 e. The number of carbonyl (C=O) groups is 2. The number of piperidine rings is 1. The Morgan fingerprint density at radius 2 is 2.08 bits per heavy atom. The molecule has 7 heteroatoms. The molecule has 2 fully saturated rings. The second-order valence-corrected chi connectivity index (χ2v) is 7.54. The van der Waals surface area contributed by atoms with Crippen LogP contribution in [0.25, 0.3) is 0 Å². The first-order valence-corrected chi connectivity index (χ1v) is 9.56. The Kier molecular flexibility index (Phi) is 6.20. The van der Waals surface area contributed by atoms with Crippen molar-refractivity contribution in [3.8, 4) is 0 Å². The zero-order valence-corrected chi connectivity index (χ0v) is 15.6. The smallest absolute Gasteiger partial charge is 0.255 e. The fourth-order valence-electron chi connectivity index (χ4n) is 3.53. The van der Waals surface area contributed by atoms with Gasteiger partial charge in [0.2, 0.25) is 5.91 Å². The molecule has 0 aliphatic carbocycles. The summed E-state index contributed by atoms with van der Waals surface area (Å²) in [6, 6.07) is 5.05. The molecule has 2 heterocycles. The van der Waals surface area contributed by atoms with E-state index in [4.69, 9.17) is 23.2 Å². The highest BCUT2D eigenvalue weighted by molar-refractivity contribution is 6.43. The number of nitrogens with zero attached hydrogens (tertiary/aromatic N) is 1. The maximum atomic E-state index is 12.8. The van der Waals surface area contributed by atoms with Gasteiger partial charge in [0.05, 0.1) is 21.7 Å². The molecule has 1 aromatic carbocycles. The summed E-state index contributed by atoms with van der Waals surface area (Å²) in [5.41, 5.74) is 0.439. The van der Waals surface area contributed by atoms with Crippen LogP contribution < -0.4 is 10.6 Å². The number of carbonyl (C=O) groups excluding carboxylic acids is 2. The van der Waals surface area contributed by atoms with Gasteiger partial charge in [-0.25, -0.2) is 0 Å². The molecular weight excluding hydrogens is 361 g/mol. The molecule has 0 radical (unpaired) electrons. The molecular formula is C18H23Cl2N3O2. The summed E-state index contributed by atoms with van der Waals surface area (Å²) in [5.74, 6) is 0.237. The highest BCUT2D eigenvalue weighted by Crippen LogP contribution is 2.28. The number of hydrogen-bond donors (Lipinski definition) is 2. The first-order valence-electron chi connectivity index (χ1n) is 8.80. The molecule has 0 spiro atoms. The minimum Gasteiger partial charge on any atom is -0.354 e. The van der Waals surface area contributed by atoms with Crippen molar-refractivity contribution in [1.29, 1.82) is 0 Å². The molecule has 2 aliphatic heterocycles. The van der Waals surface area contributed by atoms with Gasteiger partial charge in [-0.3, -0.25) is 9.59 Å². The van der Waals surface area contributed by atoms with E-state index in [0.29, 0.717) is 35.2 Å². The van der Waals surface area contributed by atoms with Gasteiger partial charge in [0.25, 0.3) is 5.91 Å². The van der Waals surface area contributed by atoms with E-state index in [9.17, 15) is 9.59 Å². The zero-order valence-electron chi connectivity index (χ0n) is 14.1. The summed E-state index contributed by atoms with van der Waals surface area (Å²) in [6.45, 7) is 2.84. The van der Waals surface area contributed by atoms with Crippen LogP contribution >= 0.6 is 23.2 Å². The van der Waals surface area contributed by atoms with Crippen LogP contribution in [-0.4, -0.2) is 48.9 Å². The average Bonchev–Trinajstić information content (AvgIpc) is 3.16. The molecule has 136 valence electrons. The molecule has 2 N–H and O–H groups in total. The van der Waals surface area contributed by atoms with Gasteiger partial charge >= 0.3 is 0 Å². The summed E-state index contributed by atoms with van der Waals surface area (Å²) < 4.78 is 0. The molecule has 2 unspecified atom stereocenters. The summed E-state index contributed by atoms with van der Waals surface area (Å²) in [5, 5.41) is 6.92. The van der Waals surface area contributed by atoms with Gasteiger partial charge in [0, 0.05) is 19.6 Å². The highest BCUT2D eigenvalue weighted by Gasteiger charge is 2.27. The van der Waals surface area contributed by atoms with Gasteiger partial charge in [-0.05, 0) is 50.3 Å². The molecule has 0 saturated carbocycles. The Balaban J connectivity index is 1.56. The Hall–Kier alpha value is -1.30. The van der Waals surface area contributed by atoms with Crippen LogP contribution in [0.2, 0.25) is 10.0 Å². The van der Waals surface area contributed by atoms with Crippen molar-refractivity contribution in [2.24, 2.45) is 5.92 Å². The minimum absolute atomic E-state index is 0.0633. The number of amides is 2. The second-order valence-electron chi connectivity index (χ2n) is 6.75. The topological polar surface area (TPSA) is 61.4 Å². The number of benzene rings is 1. The van der Waals surface area contributed by atoms with Crippen molar-refractivity contribution >= 4 is 35.0 Å².